The van der Waals surface area contributed by atoms with E-state index in [2.05, 4.69) is 0 Å². The number of aliphatic hydroxyl groups excluding tert-OH is 1. The summed E-state index contributed by atoms with van der Waals surface area (Å²) in [6.07, 6.45) is 1.84. The Morgan fingerprint density at radius 1 is 1.32 bits per heavy atom. The van der Waals surface area contributed by atoms with E-state index in [-0.39, 0.29) is 19.8 Å². The minimum absolute atomic E-state index is 0.0528. The molecule has 7 heteroatoms. The van der Waals surface area contributed by atoms with Gasteiger partial charge >= 0.3 is 5.97 Å². The van der Waals surface area contributed by atoms with Gasteiger partial charge in [0.2, 0.25) is 0 Å². The number of nitrogens with zero attached hydrogens (tertiary/aromatic N) is 2. The molecule has 3 aromatic rings. The molecule has 2 heterocycles. The Balaban J connectivity index is 2.07. The van der Waals surface area contributed by atoms with Crippen molar-refractivity contribution >= 4 is 22.4 Å². The molecule has 2 aromatic heterocycles. The average molecular weight is 339 g/mol. The summed E-state index contributed by atoms with van der Waals surface area (Å²) in [5.41, 5.74) is 7.47. The Labute approximate surface area is 143 Å². The molecule has 0 aliphatic rings. The highest BCUT2D eigenvalue weighted by molar-refractivity contribution is 6.11. The minimum Gasteiger partial charge on any atom is -0.479 e. The third-order valence-electron chi connectivity index (χ3n) is 3.78. The number of carbonyl (C=O) groups excluding carboxylic acids is 1. The molecule has 25 heavy (non-hydrogen) atoms. The molecule has 0 aliphatic carbocycles. The normalized spacial score (nSPS) is 12.0. The molecule has 128 valence electrons. The number of pyridine rings is 1. The molecule has 0 fully saturated rings. The fraction of sp³-hybridized carbons (Fsp3) is 0.222. The highest BCUT2D eigenvalue weighted by Gasteiger charge is 2.20. The highest BCUT2D eigenvalue weighted by Crippen LogP contribution is 2.30. The van der Waals surface area contributed by atoms with Crippen LogP contribution in [0.15, 0.2) is 42.6 Å². The lowest BCUT2D eigenvalue weighted by Crippen LogP contribution is -2.31. The first-order valence-electron chi connectivity index (χ1n) is 7.72. The van der Waals surface area contributed by atoms with Gasteiger partial charge in [-0.2, -0.15) is 5.26 Å². The quantitative estimate of drug-likeness (QED) is 0.658. The lowest BCUT2D eigenvalue weighted by Gasteiger charge is -2.09. The van der Waals surface area contributed by atoms with E-state index in [1.807, 2.05) is 34.9 Å². The molecule has 3 N–H and O–H groups in total. The van der Waals surface area contributed by atoms with E-state index in [0.717, 1.165) is 5.52 Å². The van der Waals surface area contributed by atoms with Crippen molar-refractivity contribution in [2.75, 3.05) is 19.8 Å². The van der Waals surface area contributed by atoms with Crippen molar-refractivity contribution in [3.8, 4) is 11.8 Å². The summed E-state index contributed by atoms with van der Waals surface area (Å²) < 4.78 is 12.4. The molecule has 0 saturated heterocycles. The minimum atomic E-state index is -0.616. The number of hydrogen-bond acceptors (Lipinski definition) is 6. The molecule has 0 aliphatic heterocycles. The molecule has 0 bridgehead atoms. The average Bonchev–Trinajstić information content (AvgIpc) is 2.98. The summed E-state index contributed by atoms with van der Waals surface area (Å²) >= 11 is 0. The zero-order chi connectivity index (χ0) is 17.8. The standard InChI is InChI=1S/C18H17N3O4/c19-6-8-24-13-4-5-14-16(9-13)21-7-2-1-3-15(21)17(14)18(23)25-11-12(20)10-22/h1-5,7,9,12,22H,8,10-11,20H2. The van der Waals surface area contributed by atoms with Gasteiger partial charge in [-0.25, -0.2) is 4.79 Å². The molecule has 1 atom stereocenters. The Morgan fingerprint density at radius 2 is 2.16 bits per heavy atom. The van der Waals surface area contributed by atoms with E-state index in [1.165, 1.54) is 0 Å². The second-order valence-corrected chi connectivity index (χ2v) is 5.50. The van der Waals surface area contributed by atoms with Crippen molar-refractivity contribution < 1.29 is 19.4 Å². The molecule has 0 spiro atoms. The van der Waals surface area contributed by atoms with Gasteiger partial charge < -0.3 is 24.7 Å². The number of esters is 1. The van der Waals surface area contributed by atoms with E-state index in [4.69, 9.17) is 25.6 Å². The van der Waals surface area contributed by atoms with Crippen LogP contribution in [0.2, 0.25) is 0 Å². The first-order chi connectivity index (χ1) is 12.2. The van der Waals surface area contributed by atoms with Gasteiger partial charge in [0, 0.05) is 17.6 Å². The Bertz CT molecular complexity index is 958. The van der Waals surface area contributed by atoms with Crippen molar-refractivity contribution in [2.24, 2.45) is 5.73 Å². The maximum absolute atomic E-state index is 12.6. The van der Waals surface area contributed by atoms with E-state index in [9.17, 15) is 4.79 Å². The van der Waals surface area contributed by atoms with Crippen molar-refractivity contribution in [3.63, 3.8) is 0 Å². The van der Waals surface area contributed by atoms with Crippen LogP contribution in [0, 0.1) is 11.3 Å². The van der Waals surface area contributed by atoms with Gasteiger partial charge in [-0.15, -0.1) is 0 Å². The van der Waals surface area contributed by atoms with E-state index >= 15 is 0 Å². The van der Waals surface area contributed by atoms with Gasteiger partial charge in [0.1, 0.15) is 18.4 Å². The van der Waals surface area contributed by atoms with Crippen LogP contribution in [0.1, 0.15) is 10.4 Å². The van der Waals surface area contributed by atoms with Gasteiger partial charge in [-0.05, 0) is 24.3 Å². The molecular weight excluding hydrogens is 322 g/mol. The lowest BCUT2D eigenvalue weighted by atomic mass is 10.1. The fourth-order valence-electron chi connectivity index (χ4n) is 2.64. The number of aliphatic hydroxyl groups is 1. The van der Waals surface area contributed by atoms with Crippen molar-refractivity contribution in [2.45, 2.75) is 6.04 Å². The molecular formula is C18H17N3O4. The number of fused-ring (bicyclic) bond motifs is 3. The number of aromatic nitrogens is 1. The second kappa shape index (κ2) is 7.21. The van der Waals surface area contributed by atoms with Crippen LogP contribution < -0.4 is 10.5 Å². The summed E-state index contributed by atoms with van der Waals surface area (Å²) in [5, 5.41) is 18.3. The summed E-state index contributed by atoms with van der Waals surface area (Å²) in [6.45, 7) is -0.378. The van der Waals surface area contributed by atoms with Gasteiger partial charge in [-0.1, -0.05) is 6.07 Å². The summed E-state index contributed by atoms with van der Waals surface area (Å²) in [4.78, 5) is 12.6. The Kier molecular flexibility index (Phi) is 4.84. The van der Waals surface area contributed by atoms with Crippen molar-refractivity contribution in [1.29, 1.82) is 5.26 Å². The number of carbonyl (C=O) groups is 1. The summed E-state index contributed by atoms with van der Waals surface area (Å²) in [7, 11) is 0. The van der Waals surface area contributed by atoms with E-state index in [1.54, 1.807) is 18.2 Å². The fourth-order valence-corrected chi connectivity index (χ4v) is 2.64. The van der Waals surface area contributed by atoms with Crippen molar-refractivity contribution in [1.82, 2.24) is 4.40 Å². The number of nitrogens with two attached hydrogens (primary N) is 1. The van der Waals surface area contributed by atoms with Gasteiger partial charge in [0.15, 0.2) is 6.61 Å². The maximum atomic E-state index is 12.6. The largest absolute Gasteiger partial charge is 0.479 e. The van der Waals surface area contributed by atoms with Crippen LogP contribution in [0.25, 0.3) is 16.4 Å². The molecule has 1 aromatic carbocycles. The SMILES string of the molecule is N#CCOc1ccc2c(C(=O)OCC(N)CO)c3ccccn3c2c1. The van der Waals surface area contributed by atoms with E-state index in [0.29, 0.717) is 22.2 Å². The third kappa shape index (κ3) is 3.26. The predicted molar refractivity (Wildman–Crippen MR) is 91.4 cm³/mol. The first-order valence-corrected chi connectivity index (χ1v) is 7.72. The Hall–Kier alpha value is -3.08. The van der Waals surface area contributed by atoms with Crippen LogP contribution in [-0.4, -0.2) is 41.3 Å². The maximum Gasteiger partial charge on any atom is 0.341 e. The number of hydrogen-bond donors (Lipinski definition) is 2. The molecule has 3 rings (SSSR count). The number of ether oxygens (including phenoxy) is 2. The predicted octanol–water partition coefficient (Wildman–Crippen LogP) is 1.47. The van der Waals surface area contributed by atoms with Gasteiger partial charge in [-0.3, -0.25) is 0 Å². The zero-order valence-corrected chi connectivity index (χ0v) is 13.4. The first kappa shape index (κ1) is 16.8. The van der Waals surface area contributed by atoms with Crippen LogP contribution in [-0.2, 0) is 4.74 Å². The monoisotopic (exact) mass is 339 g/mol. The van der Waals surface area contributed by atoms with Crippen molar-refractivity contribution in [3.05, 3.63) is 48.2 Å². The molecule has 0 radical (unpaired) electrons. The Morgan fingerprint density at radius 3 is 2.92 bits per heavy atom. The summed E-state index contributed by atoms with van der Waals surface area (Å²) in [5.74, 6) is 0.0350. The summed E-state index contributed by atoms with van der Waals surface area (Å²) in [6, 6.07) is 12.0. The third-order valence-corrected chi connectivity index (χ3v) is 3.78. The highest BCUT2D eigenvalue weighted by atomic mass is 16.5. The number of rotatable bonds is 6. The number of nitriles is 1. The van der Waals surface area contributed by atoms with Crippen LogP contribution in [0.4, 0.5) is 0 Å². The molecule has 1 unspecified atom stereocenters. The lowest BCUT2D eigenvalue weighted by molar-refractivity contribution is 0.0458. The van der Waals surface area contributed by atoms with E-state index < -0.39 is 12.0 Å². The second-order valence-electron chi connectivity index (χ2n) is 5.50. The molecule has 0 saturated carbocycles. The molecule has 0 amide bonds. The van der Waals surface area contributed by atoms with Crippen LogP contribution >= 0.6 is 0 Å². The van der Waals surface area contributed by atoms with Crippen LogP contribution in [0.5, 0.6) is 5.75 Å². The van der Waals surface area contributed by atoms with Gasteiger partial charge in [0.05, 0.1) is 29.2 Å². The zero-order valence-electron chi connectivity index (χ0n) is 13.4. The van der Waals surface area contributed by atoms with Crippen LogP contribution in [0.3, 0.4) is 0 Å². The molecule has 7 nitrogen and oxygen atoms in total. The number of benzene rings is 1. The topological polar surface area (TPSA) is 110 Å². The smallest absolute Gasteiger partial charge is 0.341 e. The van der Waals surface area contributed by atoms with Gasteiger partial charge in [0.25, 0.3) is 0 Å².